The van der Waals surface area contributed by atoms with Crippen LogP contribution in [0.1, 0.15) is 44.9 Å². The van der Waals surface area contributed by atoms with Crippen LogP contribution in [0.4, 0.5) is 0 Å². The van der Waals surface area contributed by atoms with Crippen LogP contribution in [0.2, 0.25) is 0 Å². The molecule has 0 bridgehead atoms. The summed E-state index contributed by atoms with van der Waals surface area (Å²) in [6.07, 6.45) is 1.79. The van der Waals surface area contributed by atoms with E-state index in [0.29, 0.717) is 12.4 Å². The van der Waals surface area contributed by atoms with Crippen LogP contribution in [0.3, 0.4) is 0 Å². The Balaban J connectivity index is 0.00000364. The highest BCUT2D eigenvalue weighted by Gasteiger charge is 2.19. The summed E-state index contributed by atoms with van der Waals surface area (Å²) in [5, 5.41) is 3.31. The van der Waals surface area contributed by atoms with Crippen molar-refractivity contribution in [1.29, 1.82) is 0 Å². The lowest BCUT2D eigenvalue weighted by atomic mass is 9.94. The molecule has 1 aromatic carbocycles. The lowest BCUT2D eigenvalue weighted by Gasteiger charge is -2.22. The van der Waals surface area contributed by atoms with Gasteiger partial charge >= 0.3 is 0 Å². The van der Waals surface area contributed by atoms with Crippen LogP contribution < -0.4 is 10.1 Å². The highest BCUT2D eigenvalue weighted by Crippen LogP contribution is 2.22. The number of aromatic nitrogens is 1. The first-order valence-electron chi connectivity index (χ1n) is 8.91. The van der Waals surface area contributed by atoms with Crippen molar-refractivity contribution in [2.75, 3.05) is 20.7 Å². The summed E-state index contributed by atoms with van der Waals surface area (Å²) in [7, 11) is 3.69. The first-order valence-corrected chi connectivity index (χ1v) is 8.91. The Bertz CT molecular complexity index is 720. The van der Waals surface area contributed by atoms with Gasteiger partial charge < -0.3 is 19.4 Å². The quantitative estimate of drug-likeness (QED) is 0.377. The Hall–Kier alpha value is -1.77. The molecule has 1 heterocycles. The molecule has 0 amide bonds. The number of benzene rings is 1. The van der Waals surface area contributed by atoms with E-state index in [1.807, 2.05) is 19.2 Å². The van der Waals surface area contributed by atoms with Crippen molar-refractivity contribution in [1.82, 2.24) is 15.2 Å². The van der Waals surface area contributed by atoms with Crippen molar-refractivity contribution in [2.24, 2.45) is 4.99 Å². The highest BCUT2D eigenvalue weighted by molar-refractivity contribution is 14.0. The molecule has 0 atom stereocenters. The van der Waals surface area contributed by atoms with Gasteiger partial charge in [0.25, 0.3) is 0 Å². The van der Waals surface area contributed by atoms with Crippen molar-refractivity contribution in [2.45, 2.75) is 46.2 Å². The minimum Gasteiger partial charge on any atom is -0.497 e. The average molecular weight is 486 g/mol. The molecule has 2 aromatic rings. The smallest absolute Gasteiger partial charge is 0.216 e. The zero-order chi connectivity index (χ0) is 19.2. The second-order valence-corrected chi connectivity index (χ2v) is 7.24. The first kappa shape index (κ1) is 23.3. The number of halogens is 1. The number of hydrogen-bond donors (Lipinski definition) is 1. The summed E-state index contributed by atoms with van der Waals surface area (Å²) >= 11 is 0. The van der Waals surface area contributed by atoms with Crippen LogP contribution in [-0.2, 0) is 18.5 Å². The molecule has 0 saturated heterocycles. The topological polar surface area (TPSA) is 62.9 Å². The summed E-state index contributed by atoms with van der Waals surface area (Å²) in [5.41, 5.74) is 1.13. The second-order valence-electron chi connectivity index (χ2n) is 7.24. The fourth-order valence-corrected chi connectivity index (χ4v) is 2.42. The van der Waals surface area contributed by atoms with E-state index in [2.05, 4.69) is 60.0 Å². The van der Waals surface area contributed by atoms with Crippen LogP contribution in [0, 0.1) is 0 Å². The molecule has 27 heavy (non-hydrogen) atoms. The zero-order valence-electron chi connectivity index (χ0n) is 17.1. The fourth-order valence-electron chi connectivity index (χ4n) is 2.42. The third-order valence-electron chi connectivity index (χ3n) is 3.93. The maximum absolute atomic E-state index is 5.82. The fraction of sp³-hybridized carbons (Fsp3) is 0.500. The number of nitrogens with one attached hydrogen (secondary N) is 1. The van der Waals surface area contributed by atoms with Gasteiger partial charge in [-0.1, -0.05) is 32.9 Å². The average Bonchev–Trinajstić information content (AvgIpc) is 3.08. The molecule has 0 aliphatic carbocycles. The second kappa shape index (κ2) is 10.5. The molecule has 0 radical (unpaired) electrons. The molecular formula is C20H31IN4O2. The third-order valence-corrected chi connectivity index (χ3v) is 3.93. The van der Waals surface area contributed by atoms with Gasteiger partial charge in [-0.3, -0.25) is 0 Å². The molecule has 0 aliphatic heterocycles. The van der Waals surface area contributed by atoms with Crippen LogP contribution in [0.15, 0.2) is 39.9 Å². The molecule has 0 saturated carbocycles. The highest BCUT2D eigenvalue weighted by atomic mass is 127. The van der Waals surface area contributed by atoms with Crippen LogP contribution in [0.25, 0.3) is 0 Å². The molecule has 2 rings (SSSR count). The SMILES string of the molecule is CCNC(=NCc1ncc(C(C)(C)C)o1)N(C)Cc1ccc(OC)cc1.I. The third kappa shape index (κ3) is 7.04. The van der Waals surface area contributed by atoms with Crippen molar-refractivity contribution in [3.8, 4) is 5.75 Å². The van der Waals surface area contributed by atoms with Crippen LogP contribution in [0.5, 0.6) is 5.75 Å². The van der Waals surface area contributed by atoms with Gasteiger partial charge in [-0.15, -0.1) is 24.0 Å². The van der Waals surface area contributed by atoms with Gasteiger partial charge in [0.15, 0.2) is 5.96 Å². The number of rotatable bonds is 6. The van der Waals surface area contributed by atoms with E-state index in [1.54, 1.807) is 13.3 Å². The van der Waals surface area contributed by atoms with E-state index in [9.17, 15) is 0 Å². The number of guanidine groups is 1. The Labute approximate surface area is 179 Å². The number of methoxy groups -OCH3 is 1. The number of oxazole rings is 1. The number of nitrogens with zero attached hydrogens (tertiary/aromatic N) is 3. The number of aliphatic imine (C=N–C) groups is 1. The summed E-state index contributed by atoms with van der Waals surface area (Å²) < 4.78 is 11.0. The predicted octanol–water partition coefficient (Wildman–Crippen LogP) is 4.20. The lowest BCUT2D eigenvalue weighted by molar-refractivity contribution is 0.382. The minimum absolute atomic E-state index is 0. The van der Waals surface area contributed by atoms with E-state index in [-0.39, 0.29) is 29.4 Å². The molecule has 6 nitrogen and oxygen atoms in total. The standard InChI is InChI=1S/C20H30N4O2.HI/c1-7-21-19(23-13-18-22-12-17(26-18)20(2,3)4)24(5)14-15-8-10-16(25-6)11-9-15;/h8-12H,7,13-14H2,1-6H3,(H,21,23);1H. The Morgan fingerprint density at radius 2 is 1.93 bits per heavy atom. The van der Waals surface area contributed by atoms with Crippen LogP contribution in [-0.4, -0.2) is 36.5 Å². The van der Waals surface area contributed by atoms with E-state index >= 15 is 0 Å². The lowest BCUT2D eigenvalue weighted by Crippen LogP contribution is -2.38. The molecule has 1 aromatic heterocycles. The maximum Gasteiger partial charge on any atom is 0.216 e. The summed E-state index contributed by atoms with van der Waals surface area (Å²) in [6, 6.07) is 8.05. The molecule has 150 valence electrons. The van der Waals surface area contributed by atoms with E-state index in [4.69, 9.17) is 9.15 Å². The van der Waals surface area contributed by atoms with E-state index in [1.165, 1.54) is 5.56 Å². The number of ether oxygens (including phenoxy) is 1. The van der Waals surface area contributed by atoms with Crippen molar-refractivity contribution in [3.05, 3.63) is 47.7 Å². The predicted molar refractivity (Wildman–Crippen MR) is 120 cm³/mol. The molecule has 0 unspecified atom stereocenters. The summed E-state index contributed by atoms with van der Waals surface area (Å²) in [4.78, 5) is 11.1. The first-order chi connectivity index (χ1) is 12.3. The van der Waals surface area contributed by atoms with Crippen molar-refractivity contribution >= 4 is 29.9 Å². The van der Waals surface area contributed by atoms with Gasteiger partial charge in [0.2, 0.25) is 5.89 Å². The van der Waals surface area contributed by atoms with Crippen molar-refractivity contribution in [3.63, 3.8) is 0 Å². The summed E-state index contributed by atoms with van der Waals surface area (Å²) in [5.74, 6) is 3.18. The molecular weight excluding hydrogens is 455 g/mol. The molecule has 7 heteroatoms. The molecule has 1 N–H and O–H groups in total. The molecule has 0 spiro atoms. The zero-order valence-corrected chi connectivity index (χ0v) is 19.4. The van der Waals surface area contributed by atoms with Gasteiger partial charge in [-0.25, -0.2) is 9.98 Å². The Morgan fingerprint density at radius 3 is 2.44 bits per heavy atom. The van der Waals surface area contributed by atoms with Gasteiger partial charge in [0.05, 0.1) is 13.3 Å². The minimum atomic E-state index is -0.0510. The Kier molecular flexibility index (Phi) is 9.08. The van der Waals surface area contributed by atoms with Crippen LogP contribution >= 0.6 is 24.0 Å². The number of hydrogen-bond acceptors (Lipinski definition) is 4. The maximum atomic E-state index is 5.82. The normalized spacial score (nSPS) is 11.7. The monoisotopic (exact) mass is 486 g/mol. The van der Waals surface area contributed by atoms with Gasteiger partial charge in [0.1, 0.15) is 18.1 Å². The molecule has 0 aliphatic rings. The molecule has 0 fully saturated rings. The largest absolute Gasteiger partial charge is 0.497 e. The van der Waals surface area contributed by atoms with E-state index in [0.717, 1.165) is 30.6 Å². The Morgan fingerprint density at radius 1 is 1.26 bits per heavy atom. The van der Waals surface area contributed by atoms with Gasteiger partial charge in [0, 0.05) is 25.6 Å². The van der Waals surface area contributed by atoms with Crippen molar-refractivity contribution < 1.29 is 9.15 Å². The summed E-state index contributed by atoms with van der Waals surface area (Å²) in [6.45, 7) is 10.3. The van der Waals surface area contributed by atoms with E-state index < -0.39 is 0 Å². The van der Waals surface area contributed by atoms with Gasteiger partial charge in [-0.05, 0) is 24.6 Å². The van der Waals surface area contributed by atoms with Gasteiger partial charge in [-0.2, -0.15) is 0 Å².